The van der Waals surface area contributed by atoms with Crippen LogP contribution in [0.15, 0.2) is 68.1 Å². The second-order valence-corrected chi connectivity index (χ2v) is 23.6. The van der Waals surface area contributed by atoms with Crippen LogP contribution in [0, 0.1) is 34.3 Å². The van der Waals surface area contributed by atoms with Crippen molar-refractivity contribution >= 4 is 52.0 Å². The van der Waals surface area contributed by atoms with Crippen molar-refractivity contribution in [3.8, 4) is 23.6 Å². The highest BCUT2D eigenvalue weighted by Crippen LogP contribution is 2.35. The number of nitrogens with two attached hydrogens (primary N) is 1. The zero-order valence-corrected chi connectivity index (χ0v) is 44.3. The Balaban J connectivity index is 0.000000403. The number of methoxy groups -OCH3 is 2. The normalized spacial score (nSPS) is 11.8. The van der Waals surface area contributed by atoms with Crippen LogP contribution in [0.4, 0.5) is 8.78 Å². The molecule has 25 heteroatoms. The molecule has 0 bridgehead atoms. The van der Waals surface area contributed by atoms with Gasteiger partial charge in [-0.25, -0.2) is 61.8 Å². The molecule has 0 heterocycles. The van der Waals surface area contributed by atoms with Gasteiger partial charge < -0.3 is 14.6 Å². The molecule has 0 saturated heterocycles. The lowest BCUT2D eigenvalue weighted by Gasteiger charge is -2.21. The quantitative estimate of drug-likeness (QED) is 0.0843. The molecule has 0 fully saturated rings. The monoisotopic (exact) mass is 1070 g/mol. The van der Waals surface area contributed by atoms with E-state index in [1.165, 1.54) is 33.3 Å². The van der Waals surface area contributed by atoms with Crippen LogP contribution in [0.3, 0.4) is 0 Å². The van der Waals surface area contributed by atoms with Crippen LogP contribution in [0.2, 0.25) is 0 Å². The zero-order valence-electron chi connectivity index (χ0n) is 41.0. The number of nitriles is 2. The SMILES string of the molecule is CC(C)c1cc(C#N)c(F)c(C(C)C)c1CC(=O)O.CNS(=O)(=O)c1ccc(S(=O)(=O)NC(=O)Cc2c(C(C)C)cc(C#N)c(F)c2C(C)C)c(OC)c1.CNS(=O)(=O)c1ccc(S(N)(=O)=O)c(OC)c1. The number of sulfonamides is 4. The van der Waals surface area contributed by atoms with Crippen LogP contribution in [-0.2, 0) is 62.5 Å². The third-order valence-electron chi connectivity index (χ3n) is 10.5. The van der Waals surface area contributed by atoms with E-state index in [1.54, 1.807) is 27.7 Å². The predicted octanol–water partition coefficient (Wildman–Crippen LogP) is 5.73. The Kier molecular flexibility index (Phi) is 21.4. The molecular weight excluding hydrogens is 1010 g/mol. The fourth-order valence-electron chi connectivity index (χ4n) is 7.15. The topological polar surface area (TPSA) is 319 Å². The molecule has 0 aromatic heterocycles. The summed E-state index contributed by atoms with van der Waals surface area (Å²) in [5.74, 6) is -4.30. The number of hydrogen-bond acceptors (Lipinski definition) is 14. The van der Waals surface area contributed by atoms with Crippen molar-refractivity contribution in [3.05, 3.63) is 105 Å². The van der Waals surface area contributed by atoms with Crippen molar-refractivity contribution < 1.29 is 66.6 Å². The molecule has 4 rings (SSSR count). The molecule has 388 valence electrons. The number of carboxylic acids is 1. The summed E-state index contributed by atoms with van der Waals surface area (Å²) >= 11 is 0. The van der Waals surface area contributed by atoms with E-state index >= 15 is 0 Å². The Morgan fingerprint density at radius 1 is 0.620 bits per heavy atom. The summed E-state index contributed by atoms with van der Waals surface area (Å²) in [4.78, 5) is 22.8. The summed E-state index contributed by atoms with van der Waals surface area (Å²) < 4.78 is 141. The summed E-state index contributed by atoms with van der Waals surface area (Å²) in [6, 6.07) is 12.9. The third-order valence-corrected chi connectivity index (χ3v) is 15.7. The van der Waals surface area contributed by atoms with Crippen LogP contribution in [0.5, 0.6) is 11.5 Å². The number of amides is 1. The number of carbonyl (C=O) groups is 2. The fraction of sp³-hybridized carbons (Fsp3) is 0.391. The molecule has 0 saturated carbocycles. The second kappa shape index (κ2) is 24.9. The maximum absolute atomic E-state index is 15.0. The van der Waals surface area contributed by atoms with Gasteiger partial charge in [0.1, 0.15) is 45.1 Å². The van der Waals surface area contributed by atoms with Gasteiger partial charge in [0.05, 0.1) is 48.0 Å². The van der Waals surface area contributed by atoms with Crippen LogP contribution < -0.4 is 28.8 Å². The standard InChI is InChI=1S/C23H28FN3O6S2.C15H18FNO2.C8H12N2O5S2/c1-13(2)17-9-15(12-25)23(24)22(14(3)4)18(17)11-21(28)27-35(31,32)20-8-7-16(10-19(20)33-6)34(29,30)26-5;1-8(2)11-5-10(7-17)15(16)14(9(3)4)12(11)6-13(18)19;1-10-17(13,14)6-3-4-8(16(9,11)12)7(5-6)15-2/h7-10,13-14,26H,11H2,1-6H3,(H,27,28);5,8-9H,6H2,1-4H3,(H,18,19);3-5,10H,1-2H3,(H2,9,11,12). The molecule has 0 aliphatic heterocycles. The lowest BCUT2D eigenvalue weighted by atomic mass is 9.85. The Bertz CT molecular complexity index is 3200. The number of aliphatic carboxylic acids is 1. The number of hydrogen-bond donors (Lipinski definition) is 5. The van der Waals surface area contributed by atoms with Gasteiger partial charge in [0.2, 0.25) is 36.0 Å². The lowest BCUT2D eigenvalue weighted by Crippen LogP contribution is -2.33. The molecule has 0 atom stereocenters. The molecule has 4 aromatic carbocycles. The average Bonchev–Trinajstić information content (AvgIpc) is 3.27. The van der Waals surface area contributed by atoms with Crippen molar-refractivity contribution in [2.75, 3.05) is 28.3 Å². The number of benzene rings is 4. The third kappa shape index (κ3) is 15.2. The number of halogens is 2. The Morgan fingerprint density at radius 3 is 1.30 bits per heavy atom. The van der Waals surface area contributed by atoms with E-state index < -0.39 is 74.9 Å². The first-order chi connectivity index (χ1) is 32.7. The molecule has 0 aliphatic rings. The number of carbonyl (C=O) groups excluding carboxylic acids is 1. The van der Waals surface area contributed by atoms with Gasteiger partial charge in [-0.2, -0.15) is 10.5 Å². The molecule has 71 heavy (non-hydrogen) atoms. The van der Waals surface area contributed by atoms with Crippen LogP contribution in [0.25, 0.3) is 0 Å². The molecule has 0 radical (unpaired) electrons. The van der Waals surface area contributed by atoms with E-state index in [4.69, 9.17) is 25.0 Å². The van der Waals surface area contributed by atoms with Gasteiger partial charge in [-0.05, 0) is 108 Å². The predicted molar refractivity (Wildman–Crippen MR) is 259 cm³/mol. The average molecular weight is 1070 g/mol. The first-order valence-corrected chi connectivity index (χ1v) is 27.2. The lowest BCUT2D eigenvalue weighted by molar-refractivity contribution is -0.136. The van der Waals surface area contributed by atoms with E-state index in [9.17, 15) is 57.3 Å². The van der Waals surface area contributed by atoms with E-state index in [0.717, 1.165) is 49.1 Å². The van der Waals surface area contributed by atoms with Crippen LogP contribution >= 0.6 is 0 Å². The van der Waals surface area contributed by atoms with Gasteiger partial charge in [-0.3, -0.25) is 9.59 Å². The van der Waals surface area contributed by atoms with Crippen LogP contribution in [-0.4, -0.2) is 79.0 Å². The molecule has 6 N–H and O–H groups in total. The molecule has 0 aliphatic carbocycles. The highest BCUT2D eigenvalue weighted by molar-refractivity contribution is 7.90. The molecule has 19 nitrogen and oxygen atoms in total. The number of carboxylic acid groups (broad SMARTS) is 1. The summed E-state index contributed by atoms with van der Waals surface area (Å²) in [5, 5.41) is 32.3. The van der Waals surface area contributed by atoms with Crippen molar-refractivity contribution in [2.45, 2.75) is 111 Å². The Hall–Kier alpha value is -6.06. The van der Waals surface area contributed by atoms with E-state index in [0.29, 0.717) is 22.3 Å². The minimum atomic E-state index is -4.47. The number of primary sulfonamides is 1. The second-order valence-electron chi connectivity index (χ2n) is 16.6. The molecular formula is C46H58F2N6O13S4. The first kappa shape index (κ1) is 61.1. The van der Waals surface area contributed by atoms with Gasteiger partial charge in [0, 0.05) is 12.1 Å². The number of ether oxygens (including phenoxy) is 2. The Morgan fingerprint density at radius 2 is 0.986 bits per heavy atom. The first-order valence-electron chi connectivity index (χ1n) is 21.2. The number of nitrogens with one attached hydrogen (secondary N) is 3. The van der Waals surface area contributed by atoms with Gasteiger partial charge in [0.15, 0.2) is 0 Å². The minimum Gasteiger partial charge on any atom is -0.495 e. The maximum Gasteiger partial charge on any atom is 0.307 e. The molecule has 0 unspecified atom stereocenters. The summed E-state index contributed by atoms with van der Waals surface area (Å²) in [7, 11) is -11.1. The van der Waals surface area contributed by atoms with Crippen molar-refractivity contribution in [3.63, 3.8) is 0 Å². The van der Waals surface area contributed by atoms with Gasteiger partial charge in [-0.15, -0.1) is 0 Å². The van der Waals surface area contributed by atoms with Crippen LogP contribution in [0.1, 0.15) is 124 Å². The smallest absolute Gasteiger partial charge is 0.307 e. The van der Waals surface area contributed by atoms with Gasteiger partial charge in [0.25, 0.3) is 10.0 Å². The number of nitrogens with zero attached hydrogens (tertiary/aromatic N) is 2. The molecule has 4 aromatic rings. The summed E-state index contributed by atoms with van der Waals surface area (Å²) in [5.41, 5.74) is 2.51. The molecule has 0 spiro atoms. The fourth-order valence-corrected chi connectivity index (χ4v) is 10.5. The summed E-state index contributed by atoms with van der Waals surface area (Å²) in [6.45, 7) is 14.5. The van der Waals surface area contributed by atoms with E-state index in [1.807, 2.05) is 44.6 Å². The van der Waals surface area contributed by atoms with Gasteiger partial charge >= 0.3 is 5.97 Å². The largest absolute Gasteiger partial charge is 0.495 e. The highest BCUT2D eigenvalue weighted by Gasteiger charge is 2.29. The van der Waals surface area contributed by atoms with Crippen molar-refractivity contribution in [2.24, 2.45) is 5.14 Å². The highest BCUT2D eigenvalue weighted by atomic mass is 32.2. The number of rotatable bonds is 17. The van der Waals surface area contributed by atoms with E-state index in [2.05, 4.69) is 9.44 Å². The minimum absolute atomic E-state index is 0.0125. The Labute approximate surface area is 414 Å². The molecule has 1 amide bonds. The maximum atomic E-state index is 15.0. The van der Waals surface area contributed by atoms with Crippen molar-refractivity contribution in [1.82, 2.24) is 14.2 Å². The van der Waals surface area contributed by atoms with Crippen molar-refractivity contribution in [1.29, 1.82) is 10.5 Å². The van der Waals surface area contributed by atoms with E-state index in [-0.39, 0.29) is 73.0 Å². The summed E-state index contributed by atoms with van der Waals surface area (Å²) in [6.07, 6.45) is -0.666. The zero-order chi connectivity index (χ0) is 54.7. The van der Waals surface area contributed by atoms with Gasteiger partial charge in [-0.1, -0.05) is 55.4 Å².